The van der Waals surface area contributed by atoms with Gasteiger partial charge in [-0.25, -0.2) is 4.68 Å². The van der Waals surface area contributed by atoms with Gasteiger partial charge >= 0.3 is 6.36 Å². The van der Waals surface area contributed by atoms with Crippen LogP contribution >= 0.6 is 11.6 Å². The van der Waals surface area contributed by atoms with Gasteiger partial charge in [0.1, 0.15) is 17.5 Å². The van der Waals surface area contributed by atoms with Gasteiger partial charge in [0.05, 0.1) is 16.9 Å². The molecular weight excluding hydrogens is 471 g/mol. The zero-order valence-corrected chi connectivity index (χ0v) is 18.0. The van der Waals surface area contributed by atoms with Crippen molar-refractivity contribution in [3.8, 4) is 11.4 Å². The maximum Gasteiger partial charge on any atom is 0.573 e. The van der Waals surface area contributed by atoms with Crippen LogP contribution in [0.3, 0.4) is 0 Å². The van der Waals surface area contributed by atoms with Gasteiger partial charge in [-0.05, 0) is 48.5 Å². The standard InChI is InChI=1S/C23H15ClF3N5O2/c24-14-1-6-18-17(13-14)19(7-10-28-18)32-20(8-11-29-32)22-21(33)9-12-31(30-22)15-2-4-16(5-3-15)34-23(25,26)27/h1-7,9-13,20H,8H2. The Kier molecular flexibility index (Phi) is 5.45. The first-order valence-corrected chi connectivity index (χ1v) is 10.5. The van der Waals surface area contributed by atoms with Gasteiger partial charge in [-0.2, -0.15) is 10.2 Å². The first kappa shape index (κ1) is 21.9. The van der Waals surface area contributed by atoms with E-state index in [2.05, 4.69) is 19.9 Å². The number of halogens is 4. The summed E-state index contributed by atoms with van der Waals surface area (Å²) in [5, 5.41) is 12.0. The van der Waals surface area contributed by atoms with E-state index in [0.29, 0.717) is 17.1 Å². The van der Waals surface area contributed by atoms with E-state index >= 15 is 0 Å². The summed E-state index contributed by atoms with van der Waals surface area (Å²) in [7, 11) is 0. The van der Waals surface area contributed by atoms with Gasteiger partial charge in [0.2, 0.25) is 5.43 Å². The Morgan fingerprint density at radius 3 is 2.62 bits per heavy atom. The maximum absolute atomic E-state index is 12.8. The smallest absolute Gasteiger partial charge is 0.406 e. The van der Waals surface area contributed by atoms with Crippen molar-refractivity contribution in [2.75, 3.05) is 5.01 Å². The molecule has 34 heavy (non-hydrogen) atoms. The number of fused-ring (bicyclic) bond motifs is 1. The average Bonchev–Trinajstić information content (AvgIpc) is 3.28. The molecular formula is C23H15ClF3N5O2. The Hall–Kier alpha value is -3.92. The molecule has 3 heterocycles. The first-order valence-electron chi connectivity index (χ1n) is 10.1. The molecule has 0 spiro atoms. The third kappa shape index (κ3) is 4.32. The van der Waals surface area contributed by atoms with Crippen molar-refractivity contribution in [1.29, 1.82) is 0 Å². The molecule has 7 nitrogen and oxygen atoms in total. The van der Waals surface area contributed by atoms with Crippen molar-refractivity contribution in [2.45, 2.75) is 18.8 Å². The van der Waals surface area contributed by atoms with Crippen LogP contribution in [0.5, 0.6) is 5.75 Å². The van der Waals surface area contributed by atoms with Gasteiger partial charge in [-0.15, -0.1) is 13.2 Å². The van der Waals surface area contributed by atoms with E-state index in [-0.39, 0.29) is 16.9 Å². The number of rotatable bonds is 4. The number of pyridine rings is 1. The highest BCUT2D eigenvalue weighted by Crippen LogP contribution is 2.36. The molecule has 1 atom stereocenters. The summed E-state index contributed by atoms with van der Waals surface area (Å²) in [6, 6.07) is 13.2. The minimum absolute atomic E-state index is 0.239. The van der Waals surface area contributed by atoms with Crippen LogP contribution in [0.2, 0.25) is 5.02 Å². The number of ether oxygens (including phenoxy) is 1. The lowest BCUT2D eigenvalue weighted by Gasteiger charge is -2.24. The van der Waals surface area contributed by atoms with E-state index in [9.17, 15) is 18.0 Å². The molecule has 172 valence electrons. The molecule has 0 amide bonds. The Morgan fingerprint density at radius 2 is 1.85 bits per heavy atom. The number of aromatic nitrogens is 3. The fourth-order valence-electron chi connectivity index (χ4n) is 3.77. The van der Waals surface area contributed by atoms with Gasteiger partial charge in [0, 0.05) is 41.5 Å². The number of benzene rings is 2. The first-order chi connectivity index (χ1) is 16.3. The van der Waals surface area contributed by atoms with Crippen molar-refractivity contribution in [1.82, 2.24) is 14.8 Å². The lowest BCUT2D eigenvalue weighted by Crippen LogP contribution is -2.27. The van der Waals surface area contributed by atoms with E-state index in [4.69, 9.17) is 11.6 Å². The van der Waals surface area contributed by atoms with Gasteiger partial charge in [-0.3, -0.25) is 14.8 Å². The van der Waals surface area contributed by atoms with E-state index < -0.39 is 12.4 Å². The summed E-state index contributed by atoms with van der Waals surface area (Å²) in [6.07, 6.45) is 0.459. The van der Waals surface area contributed by atoms with Crippen molar-refractivity contribution in [3.05, 3.63) is 87.9 Å². The van der Waals surface area contributed by atoms with Gasteiger partial charge in [0.25, 0.3) is 0 Å². The number of nitrogens with zero attached hydrogens (tertiary/aromatic N) is 5. The van der Waals surface area contributed by atoms with Crippen LogP contribution in [-0.4, -0.2) is 27.3 Å². The molecule has 0 radical (unpaired) electrons. The summed E-state index contributed by atoms with van der Waals surface area (Å²) in [5.74, 6) is -0.351. The summed E-state index contributed by atoms with van der Waals surface area (Å²) in [6.45, 7) is 0. The minimum Gasteiger partial charge on any atom is -0.406 e. The Balaban J connectivity index is 1.51. The van der Waals surface area contributed by atoms with Crippen LogP contribution in [0.4, 0.5) is 18.9 Å². The SMILES string of the molecule is O=c1ccn(-c2ccc(OC(F)(F)F)cc2)nc1C1CC=NN1c1ccnc2ccc(Cl)cc12. The second-order valence-electron chi connectivity index (χ2n) is 7.44. The number of hydrogen-bond acceptors (Lipinski definition) is 6. The molecule has 5 rings (SSSR count). The lowest BCUT2D eigenvalue weighted by molar-refractivity contribution is -0.274. The number of hydrazone groups is 1. The molecule has 0 saturated heterocycles. The number of anilines is 1. The molecule has 0 saturated carbocycles. The molecule has 1 unspecified atom stereocenters. The molecule has 11 heteroatoms. The third-order valence-electron chi connectivity index (χ3n) is 5.24. The van der Waals surface area contributed by atoms with Crippen LogP contribution < -0.4 is 15.2 Å². The van der Waals surface area contributed by atoms with Crippen LogP contribution in [-0.2, 0) is 0 Å². The fourth-order valence-corrected chi connectivity index (χ4v) is 3.95. The highest BCUT2D eigenvalue weighted by Gasteiger charge is 2.31. The number of alkyl halides is 3. The molecule has 4 aromatic rings. The van der Waals surface area contributed by atoms with E-state index in [0.717, 1.165) is 16.6 Å². The second-order valence-corrected chi connectivity index (χ2v) is 7.87. The molecule has 0 fully saturated rings. The van der Waals surface area contributed by atoms with Crippen molar-refractivity contribution in [2.24, 2.45) is 5.10 Å². The Morgan fingerprint density at radius 1 is 1.06 bits per heavy atom. The van der Waals surface area contributed by atoms with Gasteiger partial charge < -0.3 is 4.74 Å². The molecule has 2 aromatic carbocycles. The summed E-state index contributed by atoms with van der Waals surface area (Å²) in [5.41, 5.74) is 1.86. The molecule has 0 aliphatic carbocycles. The quantitative estimate of drug-likeness (QED) is 0.394. The van der Waals surface area contributed by atoms with Crippen LogP contribution in [0.25, 0.3) is 16.6 Å². The van der Waals surface area contributed by atoms with E-state index in [1.807, 2.05) is 0 Å². The molecule has 1 aliphatic rings. The van der Waals surface area contributed by atoms with E-state index in [1.165, 1.54) is 41.2 Å². The second kappa shape index (κ2) is 8.45. The van der Waals surface area contributed by atoms with E-state index in [1.54, 1.807) is 41.7 Å². The van der Waals surface area contributed by atoms with Crippen LogP contribution in [0.15, 0.2) is 76.9 Å². The molecule has 2 aromatic heterocycles. The number of hydrogen-bond donors (Lipinski definition) is 0. The molecule has 1 aliphatic heterocycles. The highest BCUT2D eigenvalue weighted by molar-refractivity contribution is 6.31. The predicted octanol–water partition coefficient (Wildman–Crippen LogP) is 5.27. The largest absolute Gasteiger partial charge is 0.573 e. The summed E-state index contributed by atoms with van der Waals surface area (Å²) in [4.78, 5) is 17.1. The third-order valence-corrected chi connectivity index (χ3v) is 5.48. The lowest BCUT2D eigenvalue weighted by atomic mass is 10.1. The van der Waals surface area contributed by atoms with Crippen molar-refractivity contribution < 1.29 is 17.9 Å². The van der Waals surface area contributed by atoms with Crippen LogP contribution in [0, 0.1) is 0 Å². The molecule has 0 bridgehead atoms. The van der Waals surface area contributed by atoms with Gasteiger partial charge in [-0.1, -0.05) is 11.6 Å². The zero-order valence-electron chi connectivity index (χ0n) is 17.3. The fraction of sp³-hybridized carbons (Fsp3) is 0.130. The average molecular weight is 486 g/mol. The van der Waals surface area contributed by atoms with Crippen molar-refractivity contribution >= 4 is 34.4 Å². The maximum atomic E-state index is 12.8. The summed E-state index contributed by atoms with van der Waals surface area (Å²) < 4.78 is 42.6. The molecule has 0 N–H and O–H groups in total. The normalized spacial score (nSPS) is 15.8. The topological polar surface area (TPSA) is 72.6 Å². The predicted molar refractivity (Wildman–Crippen MR) is 122 cm³/mol. The monoisotopic (exact) mass is 485 g/mol. The zero-order chi connectivity index (χ0) is 23.9. The Labute approximate surface area is 195 Å². The van der Waals surface area contributed by atoms with Crippen molar-refractivity contribution in [3.63, 3.8) is 0 Å². The minimum atomic E-state index is -4.78. The van der Waals surface area contributed by atoms with Crippen LogP contribution in [0.1, 0.15) is 18.2 Å². The summed E-state index contributed by atoms with van der Waals surface area (Å²) >= 11 is 6.19. The highest BCUT2D eigenvalue weighted by atomic mass is 35.5. The Bertz CT molecular complexity index is 1450. The van der Waals surface area contributed by atoms with Gasteiger partial charge in [0.15, 0.2) is 0 Å².